The Bertz CT molecular complexity index is 390. The average Bonchev–Trinajstić information content (AvgIpc) is 2.44. The lowest BCUT2D eigenvalue weighted by Crippen LogP contribution is -2.56. The van der Waals surface area contributed by atoms with Crippen LogP contribution in [0.2, 0.25) is 0 Å². The third-order valence-corrected chi connectivity index (χ3v) is 4.36. The molecule has 1 aromatic carbocycles. The number of hydrogen-bond acceptors (Lipinski definition) is 3. The summed E-state index contributed by atoms with van der Waals surface area (Å²) >= 11 is 0. The normalized spacial score (nSPS) is 24.7. The quantitative estimate of drug-likeness (QED) is 0.900. The highest BCUT2D eigenvalue weighted by Gasteiger charge is 2.28. The van der Waals surface area contributed by atoms with Crippen LogP contribution in [0.1, 0.15) is 25.8 Å². The molecule has 1 aliphatic heterocycles. The molecule has 2 unspecified atom stereocenters. The van der Waals surface area contributed by atoms with Gasteiger partial charge in [-0.3, -0.25) is 4.90 Å². The average molecular weight is 262 g/mol. The van der Waals surface area contributed by atoms with Crippen LogP contribution >= 0.6 is 0 Å². The molecule has 106 valence electrons. The molecule has 1 N–H and O–H groups in total. The van der Waals surface area contributed by atoms with Gasteiger partial charge in [0.1, 0.15) is 0 Å². The Labute approximate surface area is 116 Å². The van der Waals surface area contributed by atoms with Gasteiger partial charge in [-0.05, 0) is 44.5 Å². The van der Waals surface area contributed by atoms with E-state index in [0.717, 1.165) is 25.9 Å². The van der Waals surface area contributed by atoms with Gasteiger partial charge >= 0.3 is 0 Å². The first-order valence-corrected chi connectivity index (χ1v) is 7.32. The molecule has 0 aromatic heterocycles. The molecule has 1 heterocycles. The second kappa shape index (κ2) is 6.40. The standard InChI is InChI=1S/C16H26N2O/c1-4-14-5-7-15(8-6-14)18-11-13(2)17(3)16(12-18)9-10-19/h5-8,13,16,19H,4,9-12H2,1-3H3. The minimum Gasteiger partial charge on any atom is -0.396 e. The summed E-state index contributed by atoms with van der Waals surface area (Å²) in [5.41, 5.74) is 2.69. The van der Waals surface area contributed by atoms with E-state index in [1.165, 1.54) is 11.3 Å². The van der Waals surface area contributed by atoms with E-state index in [1.54, 1.807) is 0 Å². The zero-order valence-electron chi connectivity index (χ0n) is 12.3. The number of nitrogens with zero attached hydrogens (tertiary/aromatic N) is 2. The van der Waals surface area contributed by atoms with E-state index in [4.69, 9.17) is 0 Å². The van der Waals surface area contributed by atoms with Gasteiger partial charge in [-0.15, -0.1) is 0 Å². The number of rotatable bonds is 4. The molecule has 0 amide bonds. The van der Waals surface area contributed by atoms with Crippen molar-refractivity contribution < 1.29 is 5.11 Å². The van der Waals surface area contributed by atoms with Gasteiger partial charge in [0.2, 0.25) is 0 Å². The molecule has 19 heavy (non-hydrogen) atoms. The Hall–Kier alpha value is -1.06. The highest BCUT2D eigenvalue weighted by Crippen LogP contribution is 2.23. The van der Waals surface area contributed by atoms with Crippen molar-refractivity contribution in [2.75, 3.05) is 31.6 Å². The minimum atomic E-state index is 0.268. The van der Waals surface area contributed by atoms with Crippen LogP contribution in [0.4, 0.5) is 5.69 Å². The molecular weight excluding hydrogens is 236 g/mol. The maximum atomic E-state index is 9.20. The molecule has 1 fully saturated rings. The summed E-state index contributed by atoms with van der Waals surface area (Å²) in [5, 5.41) is 9.20. The second-order valence-electron chi connectivity index (χ2n) is 5.61. The van der Waals surface area contributed by atoms with Gasteiger partial charge in [-0.1, -0.05) is 19.1 Å². The van der Waals surface area contributed by atoms with E-state index in [0.29, 0.717) is 12.1 Å². The maximum absolute atomic E-state index is 9.20. The fourth-order valence-corrected chi connectivity index (χ4v) is 2.86. The Kier molecular flexibility index (Phi) is 4.83. The van der Waals surface area contributed by atoms with Crippen LogP contribution in [0.25, 0.3) is 0 Å². The van der Waals surface area contributed by atoms with E-state index >= 15 is 0 Å². The van der Waals surface area contributed by atoms with E-state index in [1.807, 2.05) is 0 Å². The SMILES string of the molecule is CCc1ccc(N2CC(C)N(C)C(CCO)C2)cc1. The zero-order chi connectivity index (χ0) is 13.8. The summed E-state index contributed by atoms with van der Waals surface area (Å²) in [7, 11) is 2.17. The molecule has 0 aliphatic carbocycles. The number of likely N-dealkylation sites (N-methyl/N-ethyl adjacent to an activating group) is 1. The van der Waals surface area contributed by atoms with Gasteiger partial charge in [-0.2, -0.15) is 0 Å². The summed E-state index contributed by atoms with van der Waals surface area (Å²) in [4.78, 5) is 4.84. The number of anilines is 1. The molecule has 1 saturated heterocycles. The van der Waals surface area contributed by atoms with Gasteiger partial charge in [-0.25, -0.2) is 0 Å². The monoisotopic (exact) mass is 262 g/mol. The number of benzene rings is 1. The molecule has 3 heteroatoms. The van der Waals surface area contributed by atoms with Crippen LogP contribution in [0.3, 0.4) is 0 Å². The molecule has 0 radical (unpaired) electrons. The molecule has 2 atom stereocenters. The first-order valence-electron chi connectivity index (χ1n) is 7.32. The number of aliphatic hydroxyl groups is 1. The van der Waals surface area contributed by atoms with Gasteiger partial charge in [0.25, 0.3) is 0 Å². The van der Waals surface area contributed by atoms with Crippen molar-refractivity contribution in [3.63, 3.8) is 0 Å². The van der Waals surface area contributed by atoms with Gasteiger partial charge < -0.3 is 10.0 Å². The fourth-order valence-electron chi connectivity index (χ4n) is 2.86. The predicted molar refractivity (Wildman–Crippen MR) is 80.7 cm³/mol. The highest BCUT2D eigenvalue weighted by molar-refractivity contribution is 5.48. The van der Waals surface area contributed by atoms with E-state index < -0.39 is 0 Å². The van der Waals surface area contributed by atoms with Crippen molar-refractivity contribution in [1.82, 2.24) is 4.90 Å². The minimum absolute atomic E-state index is 0.268. The lowest BCUT2D eigenvalue weighted by atomic mass is 10.0. The number of aryl methyl sites for hydroxylation is 1. The number of piperazine rings is 1. The molecule has 1 aliphatic rings. The van der Waals surface area contributed by atoms with Gasteiger partial charge in [0.05, 0.1) is 0 Å². The predicted octanol–water partition coefficient (Wildman–Crippen LogP) is 2.14. The van der Waals surface area contributed by atoms with Crippen molar-refractivity contribution in [2.45, 2.75) is 38.8 Å². The smallest absolute Gasteiger partial charge is 0.0446 e. The zero-order valence-corrected chi connectivity index (χ0v) is 12.3. The van der Waals surface area contributed by atoms with E-state index in [-0.39, 0.29) is 6.61 Å². The van der Waals surface area contributed by atoms with Crippen LogP contribution in [-0.2, 0) is 6.42 Å². The number of hydrogen-bond donors (Lipinski definition) is 1. The molecule has 2 rings (SSSR count). The molecule has 0 bridgehead atoms. The van der Waals surface area contributed by atoms with Crippen molar-refractivity contribution in [2.24, 2.45) is 0 Å². The lowest BCUT2D eigenvalue weighted by molar-refractivity contribution is 0.128. The van der Waals surface area contributed by atoms with Gasteiger partial charge in [0.15, 0.2) is 0 Å². The van der Waals surface area contributed by atoms with Crippen LogP contribution in [0.15, 0.2) is 24.3 Å². The largest absolute Gasteiger partial charge is 0.396 e. The van der Waals surface area contributed by atoms with E-state index in [2.05, 4.69) is 55.0 Å². The Morgan fingerprint density at radius 1 is 1.21 bits per heavy atom. The molecule has 0 spiro atoms. The Morgan fingerprint density at radius 3 is 2.47 bits per heavy atom. The van der Waals surface area contributed by atoms with Crippen LogP contribution in [0, 0.1) is 0 Å². The summed E-state index contributed by atoms with van der Waals surface area (Å²) in [6, 6.07) is 9.87. The van der Waals surface area contributed by atoms with Crippen molar-refractivity contribution >= 4 is 5.69 Å². The second-order valence-corrected chi connectivity index (χ2v) is 5.61. The third-order valence-electron chi connectivity index (χ3n) is 4.36. The van der Waals surface area contributed by atoms with Crippen molar-refractivity contribution in [3.8, 4) is 0 Å². The fraction of sp³-hybridized carbons (Fsp3) is 0.625. The van der Waals surface area contributed by atoms with Crippen LogP contribution < -0.4 is 4.90 Å². The van der Waals surface area contributed by atoms with E-state index in [9.17, 15) is 5.11 Å². The topological polar surface area (TPSA) is 26.7 Å². The molecular formula is C16H26N2O. The third kappa shape index (κ3) is 3.28. The van der Waals surface area contributed by atoms with Crippen molar-refractivity contribution in [3.05, 3.63) is 29.8 Å². The van der Waals surface area contributed by atoms with Crippen LogP contribution in [-0.4, -0.2) is 48.8 Å². The summed E-state index contributed by atoms with van der Waals surface area (Å²) < 4.78 is 0. The summed E-state index contributed by atoms with van der Waals surface area (Å²) in [6.45, 7) is 6.78. The highest BCUT2D eigenvalue weighted by atomic mass is 16.3. The Balaban J connectivity index is 2.10. The first kappa shape index (κ1) is 14.4. The molecule has 3 nitrogen and oxygen atoms in total. The number of aliphatic hydroxyl groups excluding tert-OH is 1. The lowest BCUT2D eigenvalue weighted by Gasteiger charge is -2.44. The van der Waals surface area contributed by atoms with Crippen LogP contribution in [0.5, 0.6) is 0 Å². The first-order chi connectivity index (χ1) is 9.15. The summed E-state index contributed by atoms with van der Waals surface area (Å²) in [5.74, 6) is 0. The molecule has 1 aromatic rings. The molecule has 0 saturated carbocycles. The Morgan fingerprint density at radius 2 is 1.89 bits per heavy atom. The van der Waals surface area contributed by atoms with Gasteiger partial charge in [0, 0.05) is 37.5 Å². The summed E-state index contributed by atoms with van der Waals surface area (Å²) in [6.07, 6.45) is 1.94. The van der Waals surface area contributed by atoms with Crippen molar-refractivity contribution in [1.29, 1.82) is 0 Å². The maximum Gasteiger partial charge on any atom is 0.0446 e.